The van der Waals surface area contributed by atoms with Crippen LogP contribution in [0.4, 0.5) is 13.2 Å². The number of hydrogen-bond acceptors (Lipinski definition) is 4. The van der Waals surface area contributed by atoms with E-state index in [2.05, 4.69) is 10.6 Å². The Balaban J connectivity index is 1.31. The maximum Gasteiger partial charge on any atom is 0.224 e. The van der Waals surface area contributed by atoms with Crippen molar-refractivity contribution in [1.82, 2.24) is 10.6 Å². The summed E-state index contributed by atoms with van der Waals surface area (Å²) in [5, 5.41) is 5.62. The molecular formula is C34H35F3N2O4. The van der Waals surface area contributed by atoms with Crippen molar-refractivity contribution in [3.05, 3.63) is 95.3 Å². The highest BCUT2D eigenvalue weighted by atomic mass is 19.1. The molecule has 4 rings (SSSR count). The summed E-state index contributed by atoms with van der Waals surface area (Å²) in [6.45, 7) is 2.00. The lowest BCUT2D eigenvalue weighted by atomic mass is 9.94. The molecule has 0 bridgehead atoms. The Kier molecular flexibility index (Phi) is 10.5. The zero-order valence-corrected chi connectivity index (χ0v) is 24.1. The minimum absolute atomic E-state index is 0.0714. The highest BCUT2D eigenvalue weighted by Crippen LogP contribution is 2.34. The molecule has 1 saturated carbocycles. The van der Waals surface area contributed by atoms with Gasteiger partial charge < -0.3 is 10.6 Å². The molecule has 0 radical (unpaired) electrons. The molecule has 1 aliphatic carbocycles. The fourth-order valence-electron chi connectivity index (χ4n) is 4.83. The summed E-state index contributed by atoms with van der Waals surface area (Å²) < 4.78 is 41.8. The van der Waals surface area contributed by atoms with Gasteiger partial charge in [0, 0.05) is 43.3 Å². The van der Waals surface area contributed by atoms with E-state index in [1.807, 2.05) is 6.92 Å². The lowest BCUT2D eigenvalue weighted by Crippen LogP contribution is -2.39. The summed E-state index contributed by atoms with van der Waals surface area (Å²) in [5.41, 5.74) is 0.977. The normalized spacial score (nSPS) is 14.0. The molecule has 1 atom stereocenters. The first-order valence-corrected chi connectivity index (χ1v) is 14.5. The van der Waals surface area contributed by atoms with Gasteiger partial charge in [-0.2, -0.15) is 0 Å². The zero-order chi connectivity index (χ0) is 31.0. The number of carbonyl (C=O) groups excluding carboxylic acids is 4. The number of hydrogen-bond donors (Lipinski definition) is 2. The maximum atomic E-state index is 14.5. The monoisotopic (exact) mass is 592 g/mol. The molecular weight excluding hydrogens is 557 g/mol. The van der Waals surface area contributed by atoms with Gasteiger partial charge in [0.25, 0.3) is 0 Å². The molecule has 9 heteroatoms. The van der Waals surface area contributed by atoms with E-state index in [-0.39, 0.29) is 72.8 Å². The van der Waals surface area contributed by atoms with Crippen LogP contribution < -0.4 is 10.6 Å². The summed E-state index contributed by atoms with van der Waals surface area (Å²) in [4.78, 5) is 51.2. The second-order valence-corrected chi connectivity index (χ2v) is 11.4. The van der Waals surface area contributed by atoms with Crippen molar-refractivity contribution in [2.75, 3.05) is 6.54 Å². The Morgan fingerprint density at radius 1 is 0.860 bits per heavy atom. The van der Waals surface area contributed by atoms with Crippen LogP contribution in [0.15, 0.2) is 66.7 Å². The van der Waals surface area contributed by atoms with Crippen molar-refractivity contribution in [1.29, 1.82) is 0 Å². The Labute approximate surface area is 249 Å². The molecule has 0 aromatic heterocycles. The first-order chi connectivity index (χ1) is 20.5. The molecule has 0 saturated heterocycles. The molecule has 6 nitrogen and oxygen atoms in total. The third-order valence-corrected chi connectivity index (χ3v) is 7.66. The number of aryl methyl sites for hydroxylation is 1. The van der Waals surface area contributed by atoms with Gasteiger partial charge in [0.2, 0.25) is 11.8 Å². The van der Waals surface area contributed by atoms with Gasteiger partial charge in [-0.25, -0.2) is 13.2 Å². The van der Waals surface area contributed by atoms with Crippen LogP contribution >= 0.6 is 0 Å². The quantitative estimate of drug-likeness (QED) is 0.164. The average Bonchev–Trinajstić information content (AvgIpc) is 3.70. The largest absolute Gasteiger partial charge is 0.356 e. The van der Waals surface area contributed by atoms with Gasteiger partial charge in [-0.1, -0.05) is 36.4 Å². The van der Waals surface area contributed by atoms with Crippen LogP contribution in [-0.2, 0) is 20.8 Å². The average molecular weight is 593 g/mol. The van der Waals surface area contributed by atoms with E-state index in [4.69, 9.17) is 0 Å². The third-order valence-electron chi connectivity index (χ3n) is 7.66. The molecule has 0 spiro atoms. The lowest BCUT2D eigenvalue weighted by molar-refractivity contribution is -0.133. The number of carbonyl (C=O) groups is 4. The van der Waals surface area contributed by atoms with E-state index < -0.39 is 29.2 Å². The second kappa shape index (κ2) is 14.3. The first kappa shape index (κ1) is 31.7. The zero-order valence-electron chi connectivity index (χ0n) is 24.1. The summed E-state index contributed by atoms with van der Waals surface area (Å²) in [7, 11) is 0. The van der Waals surface area contributed by atoms with Crippen LogP contribution in [0, 0.1) is 23.4 Å². The molecule has 0 aliphatic heterocycles. The van der Waals surface area contributed by atoms with Gasteiger partial charge in [-0.05, 0) is 74.1 Å². The van der Waals surface area contributed by atoms with Crippen LogP contribution in [0.1, 0.15) is 67.8 Å². The van der Waals surface area contributed by atoms with E-state index in [1.54, 1.807) is 24.3 Å². The Bertz CT molecular complexity index is 1490. The SMILES string of the molecule is CC1(NC(=O)C[C@H](CC(=O)CCc2ccc(F)cc2)C(=O)NCCCC(=O)c2cc(-c3ccccc3F)ccc2F)CC1. The van der Waals surface area contributed by atoms with Crippen LogP contribution in [0.3, 0.4) is 0 Å². The number of benzene rings is 3. The van der Waals surface area contributed by atoms with Crippen molar-refractivity contribution in [3.8, 4) is 11.1 Å². The maximum absolute atomic E-state index is 14.5. The Hall–Kier alpha value is -4.27. The molecule has 0 unspecified atom stereocenters. The van der Waals surface area contributed by atoms with Crippen molar-refractivity contribution in [2.24, 2.45) is 5.92 Å². The molecule has 43 heavy (non-hydrogen) atoms. The van der Waals surface area contributed by atoms with Crippen molar-refractivity contribution in [2.45, 2.75) is 63.8 Å². The van der Waals surface area contributed by atoms with Gasteiger partial charge in [-0.15, -0.1) is 0 Å². The predicted molar refractivity (Wildman–Crippen MR) is 157 cm³/mol. The molecule has 1 aliphatic rings. The van der Waals surface area contributed by atoms with Crippen LogP contribution in [0.25, 0.3) is 11.1 Å². The van der Waals surface area contributed by atoms with Gasteiger partial charge in [0.15, 0.2) is 5.78 Å². The molecule has 226 valence electrons. The number of halogens is 3. The number of amides is 2. The van der Waals surface area contributed by atoms with Gasteiger partial charge in [0.1, 0.15) is 23.2 Å². The highest BCUT2D eigenvalue weighted by Gasteiger charge is 2.39. The van der Waals surface area contributed by atoms with E-state index in [0.717, 1.165) is 24.5 Å². The number of Topliss-reactive ketones (excluding diaryl/α,β-unsaturated/α-hetero) is 2. The molecule has 3 aromatic carbocycles. The van der Waals surface area contributed by atoms with Gasteiger partial charge in [0.05, 0.1) is 11.5 Å². The molecule has 1 fully saturated rings. The van der Waals surface area contributed by atoms with Gasteiger partial charge >= 0.3 is 0 Å². The number of rotatable bonds is 15. The predicted octanol–water partition coefficient (Wildman–Crippen LogP) is 6.12. The molecule has 3 aromatic rings. The van der Waals surface area contributed by atoms with E-state index in [1.165, 1.54) is 36.4 Å². The van der Waals surface area contributed by atoms with Crippen LogP contribution in [0.5, 0.6) is 0 Å². The summed E-state index contributed by atoms with van der Waals surface area (Å²) in [5.74, 6) is -3.95. The van der Waals surface area contributed by atoms with E-state index >= 15 is 0 Å². The lowest BCUT2D eigenvalue weighted by Gasteiger charge is -2.18. The molecule has 0 heterocycles. The molecule has 2 N–H and O–H groups in total. The Morgan fingerprint density at radius 3 is 2.28 bits per heavy atom. The fourth-order valence-corrected chi connectivity index (χ4v) is 4.83. The van der Waals surface area contributed by atoms with Crippen molar-refractivity contribution in [3.63, 3.8) is 0 Å². The van der Waals surface area contributed by atoms with E-state index in [9.17, 15) is 32.3 Å². The highest BCUT2D eigenvalue weighted by molar-refractivity contribution is 5.97. The summed E-state index contributed by atoms with van der Waals surface area (Å²) in [6, 6.07) is 15.7. The van der Waals surface area contributed by atoms with Crippen molar-refractivity contribution < 1.29 is 32.3 Å². The minimum atomic E-state index is -0.895. The molecule has 2 amide bonds. The van der Waals surface area contributed by atoms with Crippen molar-refractivity contribution >= 4 is 23.4 Å². The number of ketones is 2. The van der Waals surface area contributed by atoms with E-state index in [0.29, 0.717) is 12.0 Å². The standard InChI is InChI=1S/C34H35F3N2O4/c1-34(16-17-34)39-32(42)21-24(19-26(40)14-10-22-8-12-25(35)13-9-22)33(43)38-18-4-7-31(41)28-20-23(11-15-30(28)37)27-5-2-3-6-29(27)36/h2-3,5-6,8-9,11-13,15,20,24H,4,7,10,14,16-19,21H2,1H3,(H,38,43)(H,39,42)/t24-/m0/s1. The topological polar surface area (TPSA) is 92.3 Å². The minimum Gasteiger partial charge on any atom is -0.356 e. The summed E-state index contributed by atoms with van der Waals surface area (Å²) >= 11 is 0. The Morgan fingerprint density at radius 2 is 1.58 bits per heavy atom. The van der Waals surface area contributed by atoms with Crippen LogP contribution in [0.2, 0.25) is 0 Å². The number of nitrogens with one attached hydrogen (secondary N) is 2. The third kappa shape index (κ3) is 9.36. The first-order valence-electron chi connectivity index (χ1n) is 14.5. The van der Waals surface area contributed by atoms with Crippen LogP contribution in [-0.4, -0.2) is 35.5 Å². The van der Waals surface area contributed by atoms with Gasteiger partial charge in [-0.3, -0.25) is 19.2 Å². The smallest absolute Gasteiger partial charge is 0.224 e. The fraction of sp³-hybridized carbons (Fsp3) is 0.353. The second-order valence-electron chi connectivity index (χ2n) is 11.4. The summed E-state index contributed by atoms with van der Waals surface area (Å²) in [6.07, 6.45) is 2.06.